The molecule has 106 valence electrons. The van der Waals surface area contributed by atoms with Gasteiger partial charge in [0.05, 0.1) is 0 Å². The monoisotopic (exact) mass is 281 g/mol. The van der Waals surface area contributed by atoms with Crippen LogP contribution in [0.25, 0.3) is 0 Å². The summed E-state index contributed by atoms with van der Waals surface area (Å²) in [6.07, 6.45) is 0. The zero-order valence-corrected chi connectivity index (χ0v) is 12.7. The summed E-state index contributed by atoms with van der Waals surface area (Å²) < 4.78 is 0. The molecule has 4 nitrogen and oxygen atoms in total. The number of carbonyl (C=O) groups excluding carboxylic acids is 1. The van der Waals surface area contributed by atoms with Gasteiger partial charge in [0.25, 0.3) is 5.91 Å². The van der Waals surface area contributed by atoms with Crippen LogP contribution >= 0.6 is 11.8 Å². The molecule has 0 bridgehead atoms. The second kappa shape index (κ2) is 8.07. The SMILES string of the molecule is CCN(CC)CCSc1ccc(C(=O)NC)cc1N. The van der Waals surface area contributed by atoms with Gasteiger partial charge in [0.2, 0.25) is 0 Å². The fourth-order valence-electron chi connectivity index (χ4n) is 1.79. The summed E-state index contributed by atoms with van der Waals surface area (Å²) in [4.78, 5) is 14.9. The molecule has 0 aliphatic heterocycles. The van der Waals surface area contributed by atoms with Gasteiger partial charge in [-0.05, 0) is 31.3 Å². The summed E-state index contributed by atoms with van der Waals surface area (Å²) in [6, 6.07) is 5.47. The molecule has 1 aromatic rings. The Morgan fingerprint density at radius 3 is 2.58 bits per heavy atom. The van der Waals surface area contributed by atoms with E-state index in [2.05, 4.69) is 24.1 Å². The van der Waals surface area contributed by atoms with Crippen LogP contribution in [0.5, 0.6) is 0 Å². The first kappa shape index (κ1) is 15.9. The number of benzene rings is 1. The number of hydrogen-bond acceptors (Lipinski definition) is 4. The van der Waals surface area contributed by atoms with E-state index in [0.717, 1.165) is 30.3 Å². The first-order valence-electron chi connectivity index (χ1n) is 6.59. The Kier molecular flexibility index (Phi) is 6.73. The molecular formula is C14H23N3OS. The maximum atomic E-state index is 11.5. The van der Waals surface area contributed by atoms with E-state index in [9.17, 15) is 4.79 Å². The smallest absolute Gasteiger partial charge is 0.251 e. The van der Waals surface area contributed by atoms with Crippen LogP contribution in [-0.4, -0.2) is 43.2 Å². The molecule has 19 heavy (non-hydrogen) atoms. The second-order valence-electron chi connectivity index (χ2n) is 4.21. The molecule has 0 spiro atoms. The Hall–Kier alpha value is -1.20. The van der Waals surface area contributed by atoms with E-state index in [4.69, 9.17) is 5.73 Å². The molecule has 0 fully saturated rings. The molecule has 0 heterocycles. The van der Waals surface area contributed by atoms with Crippen LogP contribution in [0.1, 0.15) is 24.2 Å². The number of rotatable bonds is 7. The molecule has 0 saturated carbocycles. The lowest BCUT2D eigenvalue weighted by atomic mass is 10.2. The Bertz CT molecular complexity index is 419. The van der Waals surface area contributed by atoms with E-state index in [0.29, 0.717) is 11.3 Å². The van der Waals surface area contributed by atoms with E-state index in [-0.39, 0.29) is 5.91 Å². The molecule has 5 heteroatoms. The van der Waals surface area contributed by atoms with Crippen LogP contribution in [0, 0.1) is 0 Å². The number of nitrogens with two attached hydrogens (primary N) is 1. The van der Waals surface area contributed by atoms with Gasteiger partial charge in [-0.3, -0.25) is 4.79 Å². The molecule has 1 aromatic carbocycles. The lowest BCUT2D eigenvalue weighted by Gasteiger charge is -2.17. The molecule has 0 aromatic heterocycles. The van der Waals surface area contributed by atoms with Crippen molar-refractivity contribution in [2.75, 3.05) is 38.2 Å². The van der Waals surface area contributed by atoms with Gasteiger partial charge in [-0.15, -0.1) is 11.8 Å². The number of amides is 1. The Labute approximate surface area is 119 Å². The van der Waals surface area contributed by atoms with Crippen molar-refractivity contribution >= 4 is 23.4 Å². The van der Waals surface area contributed by atoms with E-state index in [1.807, 2.05) is 12.1 Å². The zero-order chi connectivity index (χ0) is 14.3. The van der Waals surface area contributed by atoms with E-state index in [1.54, 1.807) is 24.9 Å². The van der Waals surface area contributed by atoms with E-state index >= 15 is 0 Å². The summed E-state index contributed by atoms with van der Waals surface area (Å²) in [5.41, 5.74) is 7.26. The van der Waals surface area contributed by atoms with Gasteiger partial charge in [0.15, 0.2) is 0 Å². The van der Waals surface area contributed by atoms with Crippen molar-refractivity contribution in [3.05, 3.63) is 23.8 Å². The summed E-state index contributed by atoms with van der Waals surface area (Å²) >= 11 is 1.74. The van der Waals surface area contributed by atoms with Gasteiger partial charge in [-0.1, -0.05) is 13.8 Å². The molecular weight excluding hydrogens is 258 g/mol. The van der Waals surface area contributed by atoms with E-state index < -0.39 is 0 Å². The minimum absolute atomic E-state index is 0.105. The van der Waals surface area contributed by atoms with Crippen molar-refractivity contribution in [3.63, 3.8) is 0 Å². The predicted molar refractivity (Wildman–Crippen MR) is 82.8 cm³/mol. The predicted octanol–water partition coefficient (Wildman–Crippen LogP) is 2.06. The van der Waals surface area contributed by atoms with Crippen molar-refractivity contribution in [3.8, 4) is 0 Å². The van der Waals surface area contributed by atoms with Gasteiger partial charge in [0.1, 0.15) is 0 Å². The summed E-state index contributed by atoms with van der Waals surface area (Å²) in [5, 5.41) is 2.59. The highest BCUT2D eigenvalue weighted by molar-refractivity contribution is 7.99. The summed E-state index contributed by atoms with van der Waals surface area (Å²) in [5.74, 6) is 0.900. The normalized spacial score (nSPS) is 10.7. The highest BCUT2D eigenvalue weighted by atomic mass is 32.2. The number of carbonyl (C=O) groups is 1. The number of thioether (sulfide) groups is 1. The molecule has 1 rings (SSSR count). The Morgan fingerprint density at radius 1 is 1.37 bits per heavy atom. The van der Waals surface area contributed by atoms with E-state index in [1.165, 1.54) is 0 Å². The lowest BCUT2D eigenvalue weighted by Crippen LogP contribution is -2.25. The van der Waals surface area contributed by atoms with Crippen LogP contribution in [-0.2, 0) is 0 Å². The van der Waals surface area contributed by atoms with Crippen LogP contribution in [0.4, 0.5) is 5.69 Å². The first-order valence-corrected chi connectivity index (χ1v) is 7.57. The quantitative estimate of drug-likeness (QED) is 0.593. The number of hydrogen-bond donors (Lipinski definition) is 2. The summed E-state index contributed by atoms with van der Waals surface area (Å²) in [7, 11) is 1.62. The lowest BCUT2D eigenvalue weighted by molar-refractivity contribution is 0.0963. The van der Waals surface area contributed by atoms with Gasteiger partial charge in [-0.25, -0.2) is 0 Å². The first-order chi connectivity index (χ1) is 9.12. The fourth-order valence-corrected chi connectivity index (χ4v) is 2.75. The number of nitrogen functional groups attached to an aromatic ring is 1. The molecule has 0 unspecified atom stereocenters. The Morgan fingerprint density at radius 2 is 2.05 bits per heavy atom. The highest BCUT2D eigenvalue weighted by Crippen LogP contribution is 2.25. The zero-order valence-electron chi connectivity index (χ0n) is 11.9. The molecule has 0 aliphatic rings. The van der Waals surface area contributed by atoms with Gasteiger partial charge < -0.3 is 16.0 Å². The maximum Gasteiger partial charge on any atom is 0.251 e. The largest absolute Gasteiger partial charge is 0.398 e. The molecule has 0 atom stereocenters. The van der Waals surface area contributed by atoms with Crippen molar-refractivity contribution in [1.82, 2.24) is 10.2 Å². The van der Waals surface area contributed by atoms with Crippen molar-refractivity contribution < 1.29 is 4.79 Å². The minimum Gasteiger partial charge on any atom is -0.398 e. The van der Waals surface area contributed by atoms with Crippen LogP contribution in [0.2, 0.25) is 0 Å². The molecule has 0 radical (unpaired) electrons. The molecule has 0 saturated heterocycles. The third-order valence-corrected chi connectivity index (χ3v) is 4.13. The van der Waals surface area contributed by atoms with Crippen LogP contribution < -0.4 is 11.1 Å². The number of anilines is 1. The standard InChI is InChI=1S/C14H23N3OS/c1-4-17(5-2)8-9-19-13-7-6-11(10-12(13)15)14(18)16-3/h6-7,10H,4-5,8-9,15H2,1-3H3,(H,16,18). The van der Waals surface area contributed by atoms with Gasteiger partial charge >= 0.3 is 0 Å². The Balaban J connectivity index is 2.58. The van der Waals surface area contributed by atoms with Crippen LogP contribution in [0.3, 0.4) is 0 Å². The van der Waals surface area contributed by atoms with Gasteiger partial charge in [0, 0.05) is 35.5 Å². The third-order valence-electron chi connectivity index (χ3n) is 3.06. The molecule has 0 aliphatic carbocycles. The average molecular weight is 281 g/mol. The number of nitrogens with zero attached hydrogens (tertiary/aromatic N) is 1. The van der Waals surface area contributed by atoms with Gasteiger partial charge in [-0.2, -0.15) is 0 Å². The fraction of sp³-hybridized carbons (Fsp3) is 0.500. The average Bonchev–Trinajstić information content (AvgIpc) is 2.44. The number of nitrogens with one attached hydrogen (secondary N) is 1. The molecule has 3 N–H and O–H groups in total. The topological polar surface area (TPSA) is 58.4 Å². The maximum absolute atomic E-state index is 11.5. The summed E-state index contributed by atoms with van der Waals surface area (Å²) in [6.45, 7) is 7.53. The molecule has 1 amide bonds. The van der Waals surface area contributed by atoms with Crippen molar-refractivity contribution in [2.24, 2.45) is 0 Å². The second-order valence-corrected chi connectivity index (χ2v) is 5.34. The van der Waals surface area contributed by atoms with Crippen molar-refractivity contribution in [2.45, 2.75) is 18.7 Å². The van der Waals surface area contributed by atoms with Crippen molar-refractivity contribution in [1.29, 1.82) is 0 Å². The minimum atomic E-state index is -0.105. The highest BCUT2D eigenvalue weighted by Gasteiger charge is 2.07. The third kappa shape index (κ3) is 4.76. The van der Waals surface area contributed by atoms with Crippen LogP contribution in [0.15, 0.2) is 23.1 Å².